The molecule has 0 bridgehead atoms. The predicted molar refractivity (Wildman–Crippen MR) is 122 cm³/mol. The van der Waals surface area contributed by atoms with Gasteiger partial charge in [-0.3, -0.25) is 9.69 Å². The summed E-state index contributed by atoms with van der Waals surface area (Å²) < 4.78 is 0. The van der Waals surface area contributed by atoms with Gasteiger partial charge < -0.3 is 9.80 Å². The van der Waals surface area contributed by atoms with Crippen LogP contribution >= 0.6 is 11.3 Å². The maximum absolute atomic E-state index is 13.1. The van der Waals surface area contributed by atoms with Crippen molar-refractivity contribution in [3.05, 3.63) is 51.2 Å². The Morgan fingerprint density at radius 3 is 2.34 bits per heavy atom. The van der Waals surface area contributed by atoms with E-state index in [0.717, 1.165) is 58.7 Å². The molecule has 1 amide bonds. The third-order valence-corrected chi connectivity index (χ3v) is 7.79. The van der Waals surface area contributed by atoms with E-state index >= 15 is 0 Å². The molecule has 3 heterocycles. The molecule has 5 heteroatoms. The molecule has 1 aromatic heterocycles. The van der Waals surface area contributed by atoms with Gasteiger partial charge in [-0.05, 0) is 80.9 Å². The van der Waals surface area contributed by atoms with Crippen molar-refractivity contribution in [2.75, 3.05) is 44.2 Å². The van der Waals surface area contributed by atoms with Crippen LogP contribution in [0.2, 0.25) is 0 Å². The van der Waals surface area contributed by atoms with Crippen LogP contribution in [0.5, 0.6) is 0 Å². The molecule has 2 aromatic rings. The summed E-state index contributed by atoms with van der Waals surface area (Å²) in [5, 5.41) is 2.18. The zero-order chi connectivity index (χ0) is 20.4. The number of amides is 1. The van der Waals surface area contributed by atoms with Crippen LogP contribution in [0.15, 0.2) is 29.6 Å². The van der Waals surface area contributed by atoms with Gasteiger partial charge in [0, 0.05) is 49.2 Å². The van der Waals surface area contributed by atoms with Gasteiger partial charge in [0.2, 0.25) is 5.91 Å². The van der Waals surface area contributed by atoms with Crippen LogP contribution in [0.4, 0.5) is 5.69 Å². The standard InChI is InChI=1S/C24H33N3OS/c1-18-5-4-6-22(20(18)3)26-12-14-27(15-13-26)24(28)21-7-10-25(11-8-21)17-23-19(2)9-16-29-23/h4-6,9,16,21H,7-8,10-15,17H2,1-3H3. The first kappa shape index (κ1) is 20.4. The number of thiophene rings is 1. The fourth-order valence-corrected chi connectivity index (χ4v) is 5.56. The zero-order valence-electron chi connectivity index (χ0n) is 18.0. The number of hydrogen-bond acceptors (Lipinski definition) is 4. The average molecular weight is 412 g/mol. The number of likely N-dealkylation sites (tertiary alicyclic amines) is 1. The fraction of sp³-hybridized carbons (Fsp3) is 0.542. The van der Waals surface area contributed by atoms with E-state index in [1.54, 1.807) is 0 Å². The highest BCUT2D eigenvalue weighted by Crippen LogP contribution is 2.27. The van der Waals surface area contributed by atoms with Crippen molar-refractivity contribution >= 4 is 22.9 Å². The van der Waals surface area contributed by atoms with Crippen molar-refractivity contribution in [1.82, 2.24) is 9.80 Å². The van der Waals surface area contributed by atoms with Gasteiger partial charge in [0.25, 0.3) is 0 Å². The van der Waals surface area contributed by atoms with Gasteiger partial charge >= 0.3 is 0 Å². The van der Waals surface area contributed by atoms with Gasteiger partial charge in [0.1, 0.15) is 0 Å². The molecule has 0 unspecified atom stereocenters. The largest absolute Gasteiger partial charge is 0.368 e. The second kappa shape index (κ2) is 8.88. The van der Waals surface area contributed by atoms with Crippen LogP contribution in [-0.4, -0.2) is 55.0 Å². The highest BCUT2D eigenvalue weighted by atomic mass is 32.1. The maximum atomic E-state index is 13.1. The molecule has 0 atom stereocenters. The van der Waals surface area contributed by atoms with E-state index < -0.39 is 0 Å². The topological polar surface area (TPSA) is 26.8 Å². The molecule has 1 aromatic carbocycles. The van der Waals surface area contributed by atoms with E-state index in [0.29, 0.717) is 5.91 Å². The van der Waals surface area contributed by atoms with Crippen molar-refractivity contribution in [3.63, 3.8) is 0 Å². The van der Waals surface area contributed by atoms with Crippen LogP contribution < -0.4 is 4.90 Å². The smallest absolute Gasteiger partial charge is 0.225 e. The highest BCUT2D eigenvalue weighted by molar-refractivity contribution is 7.10. The van der Waals surface area contributed by atoms with Crippen molar-refractivity contribution in [2.24, 2.45) is 5.92 Å². The van der Waals surface area contributed by atoms with E-state index in [2.05, 4.69) is 65.1 Å². The maximum Gasteiger partial charge on any atom is 0.225 e. The lowest BCUT2D eigenvalue weighted by Gasteiger charge is -2.40. The number of carbonyl (C=O) groups is 1. The van der Waals surface area contributed by atoms with Crippen LogP contribution in [0.1, 0.15) is 34.4 Å². The Kier molecular flexibility index (Phi) is 6.26. The molecule has 2 aliphatic rings. The van der Waals surface area contributed by atoms with Crippen LogP contribution in [0.25, 0.3) is 0 Å². The van der Waals surface area contributed by atoms with Gasteiger partial charge in [0.05, 0.1) is 0 Å². The minimum atomic E-state index is 0.211. The third-order valence-electron chi connectivity index (χ3n) is 6.78. The number of piperazine rings is 1. The van der Waals surface area contributed by atoms with Gasteiger partial charge in [-0.1, -0.05) is 12.1 Å². The lowest BCUT2D eigenvalue weighted by atomic mass is 9.94. The van der Waals surface area contributed by atoms with Crippen molar-refractivity contribution in [3.8, 4) is 0 Å². The van der Waals surface area contributed by atoms with E-state index in [-0.39, 0.29) is 5.92 Å². The molecular weight excluding hydrogens is 378 g/mol. The second-order valence-electron chi connectivity index (χ2n) is 8.61. The zero-order valence-corrected chi connectivity index (χ0v) is 18.8. The predicted octanol–water partition coefficient (Wildman–Crippen LogP) is 4.23. The Hall–Kier alpha value is -1.85. The summed E-state index contributed by atoms with van der Waals surface area (Å²) in [6.45, 7) is 13.3. The molecule has 29 heavy (non-hydrogen) atoms. The first-order valence-corrected chi connectivity index (χ1v) is 11.8. The van der Waals surface area contributed by atoms with Crippen molar-refractivity contribution in [2.45, 2.75) is 40.2 Å². The third kappa shape index (κ3) is 4.51. The highest BCUT2D eigenvalue weighted by Gasteiger charge is 2.30. The fourth-order valence-electron chi connectivity index (χ4n) is 4.61. The normalized spacial score (nSPS) is 19.0. The SMILES string of the molecule is Cc1ccsc1CN1CCC(C(=O)N2CCN(c3cccc(C)c3C)CC2)CC1. The van der Waals surface area contributed by atoms with E-state index in [4.69, 9.17) is 0 Å². The number of piperidine rings is 1. The molecule has 0 saturated carbocycles. The van der Waals surface area contributed by atoms with Gasteiger partial charge in [-0.25, -0.2) is 0 Å². The van der Waals surface area contributed by atoms with Crippen molar-refractivity contribution in [1.29, 1.82) is 0 Å². The summed E-state index contributed by atoms with van der Waals surface area (Å²) in [6, 6.07) is 8.73. The van der Waals surface area contributed by atoms with Crippen LogP contribution in [0, 0.1) is 26.7 Å². The Labute approximate surface area is 179 Å². The molecule has 0 radical (unpaired) electrons. The summed E-state index contributed by atoms with van der Waals surface area (Å²) in [5.74, 6) is 0.598. The summed E-state index contributed by atoms with van der Waals surface area (Å²) >= 11 is 1.85. The number of aryl methyl sites for hydroxylation is 2. The monoisotopic (exact) mass is 411 g/mol. The van der Waals surface area contributed by atoms with Crippen LogP contribution in [0.3, 0.4) is 0 Å². The van der Waals surface area contributed by atoms with Gasteiger partial charge in [-0.2, -0.15) is 0 Å². The molecule has 4 rings (SSSR count). The Morgan fingerprint density at radius 2 is 1.69 bits per heavy atom. The number of anilines is 1. The minimum Gasteiger partial charge on any atom is -0.368 e. The number of rotatable bonds is 4. The number of carbonyl (C=O) groups excluding carboxylic acids is 1. The number of nitrogens with zero attached hydrogens (tertiary/aromatic N) is 3. The Morgan fingerprint density at radius 1 is 0.966 bits per heavy atom. The average Bonchev–Trinajstić information content (AvgIpc) is 3.15. The van der Waals surface area contributed by atoms with E-state index in [1.807, 2.05) is 11.3 Å². The molecule has 0 spiro atoms. The summed E-state index contributed by atoms with van der Waals surface area (Å²) in [4.78, 5) is 21.6. The summed E-state index contributed by atoms with van der Waals surface area (Å²) in [5.41, 5.74) is 5.43. The number of hydrogen-bond donors (Lipinski definition) is 0. The summed E-state index contributed by atoms with van der Waals surface area (Å²) in [7, 11) is 0. The molecular formula is C24H33N3OS. The molecule has 2 fully saturated rings. The quantitative estimate of drug-likeness (QED) is 0.753. The molecule has 2 aliphatic heterocycles. The second-order valence-corrected chi connectivity index (χ2v) is 9.61. The lowest BCUT2D eigenvalue weighted by molar-refractivity contribution is -0.137. The summed E-state index contributed by atoms with van der Waals surface area (Å²) in [6.07, 6.45) is 2.00. The number of benzene rings is 1. The first-order chi connectivity index (χ1) is 14.0. The Bertz CT molecular complexity index is 846. The first-order valence-electron chi connectivity index (χ1n) is 10.9. The Balaban J connectivity index is 1.27. The van der Waals surface area contributed by atoms with Crippen LogP contribution in [-0.2, 0) is 11.3 Å². The molecule has 0 N–H and O–H groups in total. The molecule has 156 valence electrons. The van der Waals surface area contributed by atoms with Crippen molar-refractivity contribution < 1.29 is 4.79 Å². The minimum absolute atomic E-state index is 0.211. The lowest BCUT2D eigenvalue weighted by Crippen LogP contribution is -2.51. The molecule has 4 nitrogen and oxygen atoms in total. The van der Waals surface area contributed by atoms with Gasteiger partial charge in [0.15, 0.2) is 0 Å². The van der Waals surface area contributed by atoms with Gasteiger partial charge in [-0.15, -0.1) is 11.3 Å². The van der Waals surface area contributed by atoms with E-state index in [9.17, 15) is 4.79 Å². The molecule has 0 aliphatic carbocycles. The van der Waals surface area contributed by atoms with E-state index in [1.165, 1.54) is 27.3 Å². The molecule has 2 saturated heterocycles.